The van der Waals surface area contributed by atoms with Gasteiger partial charge in [-0.3, -0.25) is 4.79 Å². The average molecular weight is 210 g/mol. The molecule has 2 heteroatoms. The molecule has 1 saturated heterocycles. The van der Waals surface area contributed by atoms with Gasteiger partial charge in [-0.05, 0) is 25.2 Å². The number of carbonyl (C=O) groups is 1. The van der Waals surface area contributed by atoms with Gasteiger partial charge >= 0.3 is 0 Å². The number of hydrogen-bond donors (Lipinski definition) is 0. The first-order valence-corrected chi connectivity index (χ1v) is 6.42. The summed E-state index contributed by atoms with van der Waals surface area (Å²) in [5.41, 5.74) is -0.0689. The lowest BCUT2D eigenvalue weighted by atomic mass is 9.77. The molecule has 1 heterocycles. The Morgan fingerprint density at radius 1 is 1.40 bits per heavy atom. The Labute approximate surface area is 92.4 Å². The monoisotopic (exact) mass is 210 g/mol. The van der Waals surface area contributed by atoms with Gasteiger partial charge in [0.15, 0.2) is 0 Å². The predicted octanol–water partition coefficient (Wildman–Crippen LogP) is 3.10. The van der Waals surface area contributed by atoms with Crippen LogP contribution in [-0.2, 0) is 9.53 Å². The van der Waals surface area contributed by atoms with Crippen LogP contribution in [0.1, 0.15) is 58.3 Å². The van der Waals surface area contributed by atoms with E-state index in [0.29, 0.717) is 31.1 Å². The quantitative estimate of drug-likeness (QED) is 0.715. The maximum atomic E-state index is 11.6. The minimum Gasteiger partial charge on any atom is -0.374 e. The van der Waals surface area contributed by atoms with Crippen molar-refractivity contribution in [1.29, 1.82) is 0 Å². The van der Waals surface area contributed by atoms with Crippen LogP contribution in [0.3, 0.4) is 0 Å². The van der Waals surface area contributed by atoms with Crippen LogP contribution in [0.15, 0.2) is 0 Å². The summed E-state index contributed by atoms with van der Waals surface area (Å²) in [7, 11) is 0. The predicted molar refractivity (Wildman–Crippen MR) is 59.8 cm³/mol. The van der Waals surface area contributed by atoms with Gasteiger partial charge in [-0.15, -0.1) is 0 Å². The van der Waals surface area contributed by atoms with Crippen molar-refractivity contribution in [3.05, 3.63) is 0 Å². The Hall–Kier alpha value is -0.370. The summed E-state index contributed by atoms with van der Waals surface area (Å²) >= 11 is 0. The third-order valence-electron chi connectivity index (χ3n) is 4.04. The van der Waals surface area contributed by atoms with Gasteiger partial charge in [-0.25, -0.2) is 0 Å². The fraction of sp³-hybridized carbons (Fsp3) is 0.923. The topological polar surface area (TPSA) is 26.3 Å². The first kappa shape index (κ1) is 11.1. The van der Waals surface area contributed by atoms with Crippen molar-refractivity contribution < 1.29 is 9.53 Å². The van der Waals surface area contributed by atoms with Gasteiger partial charge in [0.1, 0.15) is 5.78 Å². The van der Waals surface area contributed by atoms with E-state index < -0.39 is 0 Å². The van der Waals surface area contributed by atoms with E-state index in [9.17, 15) is 4.79 Å². The molecule has 0 radical (unpaired) electrons. The second-order valence-corrected chi connectivity index (χ2v) is 5.11. The van der Waals surface area contributed by atoms with E-state index in [4.69, 9.17) is 4.74 Å². The van der Waals surface area contributed by atoms with Gasteiger partial charge in [-0.1, -0.05) is 26.2 Å². The fourth-order valence-corrected chi connectivity index (χ4v) is 3.34. The molecule has 0 spiro atoms. The zero-order valence-electron chi connectivity index (χ0n) is 9.76. The van der Waals surface area contributed by atoms with Crippen LogP contribution in [-0.4, -0.2) is 18.0 Å². The summed E-state index contributed by atoms with van der Waals surface area (Å²) in [4.78, 5) is 11.6. The molecule has 1 aliphatic heterocycles. The molecule has 1 saturated carbocycles. The molecule has 2 nitrogen and oxygen atoms in total. The van der Waals surface area contributed by atoms with Crippen molar-refractivity contribution in [1.82, 2.24) is 0 Å². The standard InChI is InChI=1S/C13H22O2/c1-2-8-13(11-5-3-4-6-11)10-12(14)7-9-15-13/h11H,2-10H2,1H3. The van der Waals surface area contributed by atoms with Crippen LogP contribution < -0.4 is 0 Å². The minimum atomic E-state index is -0.0689. The summed E-state index contributed by atoms with van der Waals surface area (Å²) in [6, 6.07) is 0. The third-order valence-corrected chi connectivity index (χ3v) is 4.04. The number of rotatable bonds is 3. The second kappa shape index (κ2) is 4.65. The smallest absolute Gasteiger partial charge is 0.138 e. The molecule has 1 atom stereocenters. The Bertz CT molecular complexity index is 227. The second-order valence-electron chi connectivity index (χ2n) is 5.11. The first-order valence-electron chi connectivity index (χ1n) is 6.42. The Morgan fingerprint density at radius 3 is 2.73 bits per heavy atom. The van der Waals surface area contributed by atoms with Gasteiger partial charge in [-0.2, -0.15) is 0 Å². The summed E-state index contributed by atoms with van der Waals surface area (Å²) in [5, 5.41) is 0. The van der Waals surface area contributed by atoms with Crippen LogP contribution in [0.2, 0.25) is 0 Å². The van der Waals surface area contributed by atoms with Crippen molar-refractivity contribution in [2.75, 3.05) is 6.61 Å². The molecule has 0 aromatic carbocycles. The molecular formula is C13H22O2. The molecule has 0 N–H and O–H groups in total. The van der Waals surface area contributed by atoms with E-state index in [2.05, 4.69) is 6.92 Å². The SMILES string of the molecule is CCCC1(C2CCCC2)CC(=O)CCO1. The van der Waals surface area contributed by atoms with Crippen LogP contribution in [0.5, 0.6) is 0 Å². The lowest BCUT2D eigenvalue weighted by Gasteiger charge is -2.41. The molecule has 15 heavy (non-hydrogen) atoms. The van der Waals surface area contributed by atoms with Gasteiger partial charge in [0.2, 0.25) is 0 Å². The summed E-state index contributed by atoms with van der Waals surface area (Å²) in [5.74, 6) is 1.07. The molecule has 1 aliphatic carbocycles. The lowest BCUT2D eigenvalue weighted by molar-refractivity contribution is -0.151. The molecule has 2 aliphatic rings. The zero-order chi connectivity index (χ0) is 10.7. The number of ether oxygens (including phenoxy) is 1. The van der Waals surface area contributed by atoms with E-state index >= 15 is 0 Å². The summed E-state index contributed by atoms with van der Waals surface area (Å²) in [6.45, 7) is 2.86. The highest BCUT2D eigenvalue weighted by Gasteiger charge is 2.43. The van der Waals surface area contributed by atoms with Gasteiger partial charge in [0.25, 0.3) is 0 Å². The van der Waals surface area contributed by atoms with Crippen molar-refractivity contribution in [3.63, 3.8) is 0 Å². The average Bonchev–Trinajstić information content (AvgIpc) is 2.71. The largest absolute Gasteiger partial charge is 0.374 e. The van der Waals surface area contributed by atoms with Crippen LogP contribution >= 0.6 is 0 Å². The Morgan fingerprint density at radius 2 is 2.13 bits per heavy atom. The maximum absolute atomic E-state index is 11.6. The highest BCUT2D eigenvalue weighted by Crippen LogP contribution is 2.43. The highest BCUT2D eigenvalue weighted by molar-refractivity contribution is 5.80. The van der Waals surface area contributed by atoms with Gasteiger partial charge < -0.3 is 4.74 Å². The lowest BCUT2D eigenvalue weighted by Crippen LogP contribution is -2.45. The van der Waals surface area contributed by atoms with E-state index in [0.717, 1.165) is 12.8 Å². The van der Waals surface area contributed by atoms with Crippen molar-refractivity contribution in [2.24, 2.45) is 5.92 Å². The molecule has 2 rings (SSSR count). The van der Waals surface area contributed by atoms with Crippen LogP contribution in [0, 0.1) is 5.92 Å². The van der Waals surface area contributed by atoms with Crippen molar-refractivity contribution in [3.8, 4) is 0 Å². The Balaban J connectivity index is 2.10. The summed E-state index contributed by atoms with van der Waals surface area (Å²) < 4.78 is 6.04. The molecular weight excluding hydrogens is 188 g/mol. The Kier molecular flexibility index (Phi) is 3.45. The van der Waals surface area contributed by atoms with E-state index in [1.165, 1.54) is 25.7 Å². The van der Waals surface area contributed by atoms with E-state index in [1.807, 2.05) is 0 Å². The molecule has 0 aromatic rings. The van der Waals surface area contributed by atoms with Gasteiger partial charge in [0, 0.05) is 12.8 Å². The van der Waals surface area contributed by atoms with Crippen LogP contribution in [0.25, 0.3) is 0 Å². The van der Waals surface area contributed by atoms with Crippen molar-refractivity contribution in [2.45, 2.75) is 63.9 Å². The van der Waals surface area contributed by atoms with E-state index in [1.54, 1.807) is 0 Å². The van der Waals surface area contributed by atoms with Gasteiger partial charge in [0.05, 0.1) is 12.2 Å². The molecule has 0 amide bonds. The fourth-order valence-electron chi connectivity index (χ4n) is 3.34. The van der Waals surface area contributed by atoms with E-state index in [-0.39, 0.29) is 5.60 Å². The van der Waals surface area contributed by atoms with Crippen LogP contribution in [0.4, 0.5) is 0 Å². The van der Waals surface area contributed by atoms with Crippen molar-refractivity contribution >= 4 is 5.78 Å². The zero-order valence-corrected chi connectivity index (χ0v) is 9.76. The molecule has 0 bridgehead atoms. The number of carbonyl (C=O) groups excluding carboxylic acids is 1. The first-order chi connectivity index (χ1) is 7.27. The molecule has 0 aromatic heterocycles. The molecule has 1 unspecified atom stereocenters. The maximum Gasteiger partial charge on any atom is 0.138 e. The number of Topliss-reactive ketones (excluding diaryl/α,β-unsaturated/α-hetero) is 1. The minimum absolute atomic E-state index is 0.0689. The normalized spacial score (nSPS) is 33.5. The highest BCUT2D eigenvalue weighted by atomic mass is 16.5. The molecule has 2 fully saturated rings. The number of ketones is 1. The molecule has 86 valence electrons. The number of hydrogen-bond acceptors (Lipinski definition) is 2. The summed E-state index contributed by atoms with van der Waals surface area (Å²) in [6.07, 6.45) is 8.72. The third kappa shape index (κ3) is 2.25.